The number of hydrogen-bond acceptors (Lipinski definition) is 6. The number of carbonyl (C=O) groups is 1. The van der Waals surface area contributed by atoms with Gasteiger partial charge in [0.05, 0.1) is 18.6 Å². The Kier molecular flexibility index (Phi) is 6.50. The van der Waals surface area contributed by atoms with Gasteiger partial charge in [-0.1, -0.05) is 0 Å². The van der Waals surface area contributed by atoms with Gasteiger partial charge in [-0.2, -0.15) is 0 Å². The van der Waals surface area contributed by atoms with Gasteiger partial charge in [-0.3, -0.25) is 13.9 Å². The number of phosphoric acid groups is 1. The first-order chi connectivity index (χ1) is 7.54. The highest BCUT2D eigenvalue weighted by Crippen LogP contribution is 2.50. The van der Waals surface area contributed by atoms with E-state index in [1.807, 2.05) is 0 Å². The SMILES string of the molecule is C[C@@](O)(CCOP(=O)(O)O[PH](=O)O)CC(=O)O. The topological polar surface area (TPSA) is 151 Å². The molecular weight excluding hydrogens is 278 g/mol. The molecule has 9 nitrogen and oxygen atoms in total. The van der Waals surface area contributed by atoms with Crippen LogP contribution in [0.3, 0.4) is 0 Å². The molecule has 0 rings (SSSR count). The first-order valence-electron chi connectivity index (χ1n) is 4.38. The lowest BCUT2D eigenvalue weighted by Crippen LogP contribution is -2.29. The van der Waals surface area contributed by atoms with E-state index in [2.05, 4.69) is 8.83 Å². The van der Waals surface area contributed by atoms with E-state index in [-0.39, 0.29) is 6.42 Å². The summed E-state index contributed by atoms with van der Waals surface area (Å²) in [6.45, 7) is 0.714. The van der Waals surface area contributed by atoms with Gasteiger partial charge in [-0.15, -0.1) is 0 Å². The van der Waals surface area contributed by atoms with Crippen LogP contribution < -0.4 is 0 Å². The summed E-state index contributed by atoms with van der Waals surface area (Å²) < 4.78 is 29.0. The Labute approximate surface area is 97.6 Å². The summed E-state index contributed by atoms with van der Waals surface area (Å²) in [6.07, 6.45) is -0.816. The van der Waals surface area contributed by atoms with Gasteiger partial charge in [-0.05, 0) is 6.92 Å². The van der Waals surface area contributed by atoms with Crippen molar-refractivity contribution in [3.63, 3.8) is 0 Å². The van der Waals surface area contributed by atoms with Crippen LogP contribution in [0.2, 0.25) is 0 Å². The fraction of sp³-hybridized carbons (Fsp3) is 0.833. The van der Waals surface area contributed by atoms with Crippen LogP contribution in [0.4, 0.5) is 0 Å². The molecule has 0 heterocycles. The zero-order chi connectivity index (χ0) is 13.7. The molecule has 0 saturated carbocycles. The highest BCUT2D eigenvalue weighted by Gasteiger charge is 2.28. The summed E-state index contributed by atoms with van der Waals surface area (Å²) in [6, 6.07) is 0. The van der Waals surface area contributed by atoms with E-state index in [1.165, 1.54) is 6.92 Å². The number of rotatable bonds is 8. The second-order valence-electron chi connectivity index (χ2n) is 3.48. The zero-order valence-electron chi connectivity index (χ0n) is 8.90. The third kappa shape index (κ3) is 9.43. The number of phosphoric ester groups is 1. The molecule has 0 radical (unpaired) electrons. The van der Waals surface area contributed by atoms with Crippen molar-refractivity contribution in [2.24, 2.45) is 0 Å². The van der Waals surface area contributed by atoms with Gasteiger partial charge >= 0.3 is 22.0 Å². The van der Waals surface area contributed by atoms with Gasteiger partial charge < -0.3 is 20.0 Å². The van der Waals surface area contributed by atoms with Crippen molar-refractivity contribution < 1.29 is 42.8 Å². The molecule has 0 saturated heterocycles. The molecule has 0 aromatic carbocycles. The molecule has 0 aliphatic heterocycles. The van der Waals surface area contributed by atoms with Crippen molar-refractivity contribution in [2.45, 2.75) is 25.4 Å². The molecule has 17 heavy (non-hydrogen) atoms. The van der Waals surface area contributed by atoms with Crippen molar-refractivity contribution in [2.75, 3.05) is 6.61 Å². The number of carboxylic acid groups (broad SMARTS) is 1. The molecule has 0 amide bonds. The Balaban J connectivity index is 4.10. The summed E-state index contributed by atoms with van der Waals surface area (Å²) >= 11 is 0. The number of aliphatic hydroxyl groups is 1. The Morgan fingerprint density at radius 3 is 2.47 bits per heavy atom. The van der Waals surface area contributed by atoms with Crippen LogP contribution >= 0.6 is 16.1 Å². The van der Waals surface area contributed by atoms with Gasteiger partial charge in [0.2, 0.25) is 0 Å². The molecule has 102 valence electrons. The summed E-state index contributed by atoms with van der Waals surface area (Å²) in [5, 5.41) is 17.9. The Morgan fingerprint density at radius 2 is 2.06 bits per heavy atom. The van der Waals surface area contributed by atoms with Gasteiger partial charge in [0.1, 0.15) is 0 Å². The molecule has 2 unspecified atom stereocenters. The molecule has 0 spiro atoms. The summed E-state index contributed by atoms with van der Waals surface area (Å²) in [7, 11) is -8.26. The maximum absolute atomic E-state index is 10.9. The fourth-order valence-corrected chi connectivity index (χ4v) is 2.24. The monoisotopic (exact) mass is 292 g/mol. The maximum atomic E-state index is 10.9. The van der Waals surface area contributed by atoms with E-state index in [0.29, 0.717) is 0 Å². The van der Waals surface area contributed by atoms with Crippen molar-refractivity contribution in [1.82, 2.24) is 0 Å². The minimum absolute atomic E-state index is 0.250. The summed E-state index contributed by atoms with van der Waals surface area (Å²) in [5.74, 6) is -1.24. The third-order valence-electron chi connectivity index (χ3n) is 1.62. The fourth-order valence-electron chi connectivity index (χ4n) is 0.920. The molecule has 0 aromatic rings. The lowest BCUT2D eigenvalue weighted by atomic mass is 9.99. The van der Waals surface area contributed by atoms with Crippen LogP contribution in [0.1, 0.15) is 19.8 Å². The minimum atomic E-state index is -4.64. The average Bonchev–Trinajstić information content (AvgIpc) is 1.96. The second kappa shape index (κ2) is 6.61. The summed E-state index contributed by atoms with van der Waals surface area (Å²) in [5.41, 5.74) is -1.61. The highest BCUT2D eigenvalue weighted by atomic mass is 31.2. The second-order valence-corrected chi connectivity index (χ2v) is 5.93. The van der Waals surface area contributed by atoms with Crippen LogP contribution in [0, 0.1) is 0 Å². The third-order valence-corrected chi connectivity index (χ3v) is 3.68. The Hall–Kier alpha value is -0.270. The van der Waals surface area contributed by atoms with E-state index < -0.39 is 40.7 Å². The average molecular weight is 292 g/mol. The molecule has 0 aromatic heterocycles. The summed E-state index contributed by atoms with van der Waals surface area (Å²) in [4.78, 5) is 27.4. The van der Waals surface area contributed by atoms with Gasteiger partial charge in [0.15, 0.2) is 0 Å². The standard InChI is InChI=1S/C6H14O9P2/c1-6(9,4-5(7)8)2-3-14-17(12,13)15-16(10)11/h9,16H,2-4H2,1H3,(H,7,8)(H,10,11)(H,12,13)/t6-/m1/s1. The van der Waals surface area contributed by atoms with E-state index >= 15 is 0 Å². The Bertz CT molecular complexity index is 338. The van der Waals surface area contributed by atoms with Crippen molar-refractivity contribution in [3.8, 4) is 0 Å². The van der Waals surface area contributed by atoms with Crippen LogP contribution in [0.15, 0.2) is 0 Å². The molecule has 0 fully saturated rings. The highest BCUT2D eigenvalue weighted by molar-refractivity contribution is 7.55. The number of aliphatic carboxylic acids is 1. The van der Waals surface area contributed by atoms with Crippen molar-refractivity contribution in [3.05, 3.63) is 0 Å². The van der Waals surface area contributed by atoms with Crippen LogP contribution in [0.25, 0.3) is 0 Å². The molecule has 0 bridgehead atoms. The lowest BCUT2D eigenvalue weighted by Gasteiger charge is -2.21. The van der Waals surface area contributed by atoms with E-state index in [0.717, 1.165) is 0 Å². The lowest BCUT2D eigenvalue weighted by molar-refractivity contribution is -0.142. The van der Waals surface area contributed by atoms with E-state index in [9.17, 15) is 19.0 Å². The van der Waals surface area contributed by atoms with Gasteiger partial charge in [-0.25, -0.2) is 8.88 Å². The van der Waals surface area contributed by atoms with Crippen molar-refractivity contribution in [1.29, 1.82) is 0 Å². The largest absolute Gasteiger partial charge is 0.481 e. The normalized spacial score (nSPS) is 20.2. The van der Waals surface area contributed by atoms with Crippen LogP contribution in [-0.4, -0.2) is 38.2 Å². The number of hydrogen-bond donors (Lipinski definition) is 4. The van der Waals surface area contributed by atoms with Gasteiger partial charge in [0.25, 0.3) is 0 Å². The van der Waals surface area contributed by atoms with E-state index in [1.54, 1.807) is 0 Å². The van der Waals surface area contributed by atoms with Crippen LogP contribution in [-0.2, 0) is 22.8 Å². The smallest absolute Gasteiger partial charge is 0.479 e. The molecule has 4 N–H and O–H groups in total. The Morgan fingerprint density at radius 1 is 1.53 bits per heavy atom. The molecular formula is C6H14O9P2. The van der Waals surface area contributed by atoms with Crippen molar-refractivity contribution >= 4 is 22.0 Å². The molecule has 0 aliphatic rings. The van der Waals surface area contributed by atoms with Gasteiger partial charge in [0, 0.05) is 6.42 Å². The predicted octanol–water partition coefficient (Wildman–Crippen LogP) is 0.118. The number of carboxylic acids is 1. The predicted molar refractivity (Wildman–Crippen MR) is 55.6 cm³/mol. The first kappa shape index (κ1) is 16.7. The minimum Gasteiger partial charge on any atom is -0.481 e. The zero-order valence-corrected chi connectivity index (χ0v) is 10.8. The maximum Gasteiger partial charge on any atom is 0.479 e. The molecule has 0 aliphatic carbocycles. The van der Waals surface area contributed by atoms with E-state index in [4.69, 9.17) is 14.9 Å². The molecule has 11 heteroatoms. The molecule has 3 atom stereocenters. The quantitative estimate of drug-likeness (QED) is 0.457. The first-order valence-corrected chi connectivity index (χ1v) is 7.14. The van der Waals surface area contributed by atoms with Crippen LogP contribution in [0.5, 0.6) is 0 Å².